The molecule has 10 nitrogen and oxygen atoms in total. The molecule has 1 aromatic carbocycles. The lowest BCUT2D eigenvalue weighted by Gasteiger charge is -2.29. The second-order valence-corrected chi connectivity index (χ2v) is 5.75. The van der Waals surface area contributed by atoms with Crippen LogP contribution in [0.25, 0.3) is 0 Å². The predicted octanol–water partition coefficient (Wildman–Crippen LogP) is 1.84. The number of nitro benzene ring substituents is 1. The SMILES string of the molecule is C=CCOC(=O)C1=C(N)Oc2ccc([N+](=O)[O-])cc2C1C(C#N)C(=O)OCC=C. The second kappa shape index (κ2) is 9.18. The van der Waals surface area contributed by atoms with Crippen molar-refractivity contribution in [3.63, 3.8) is 0 Å². The van der Waals surface area contributed by atoms with Crippen LogP contribution in [0.2, 0.25) is 0 Å². The number of benzene rings is 1. The molecule has 150 valence electrons. The van der Waals surface area contributed by atoms with E-state index in [0.29, 0.717) is 0 Å². The maximum absolute atomic E-state index is 12.6. The Bertz CT molecular complexity index is 946. The van der Waals surface area contributed by atoms with Crippen LogP contribution in [0.4, 0.5) is 5.69 Å². The van der Waals surface area contributed by atoms with Gasteiger partial charge in [-0.15, -0.1) is 0 Å². The summed E-state index contributed by atoms with van der Waals surface area (Å²) in [6, 6.07) is 5.32. The average molecular weight is 399 g/mol. The van der Waals surface area contributed by atoms with Crippen LogP contribution in [-0.2, 0) is 19.1 Å². The largest absolute Gasteiger partial charge is 0.460 e. The first-order valence-corrected chi connectivity index (χ1v) is 8.26. The molecule has 0 spiro atoms. The van der Waals surface area contributed by atoms with Gasteiger partial charge in [0.25, 0.3) is 5.69 Å². The van der Waals surface area contributed by atoms with Crippen molar-refractivity contribution < 1.29 is 28.7 Å². The number of hydrogen-bond donors (Lipinski definition) is 1. The van der Waals surface area contributed by atoms with E-state index in [-0.39, 0.29) is 41.7 Å². The summed E-state index contributed by atoms with van der Waals surface area (Å²) in [6.07, 6.45) is 2.62. The smallest absolute Gasteiger partial charge is 0.340 e. The van der Waals surface area contributed by atoms with Gasteiger partial charge in [-0.1, -0.05) is 25.3 Å². The molecule has 0 aromatic heterocycles. The average Bonchev–Trinajstić information content (AvgIpc) is 2.70. The standard InChI is InChI=1S/C19H17N3O7/c1-3-7-27-18(23)13(10-20)15-12-9-11(22(25)26)5-6-14(12)29-17(21)16(15)19(24)28-8-4-2/h3-6,9,13,15H,1-2,7-8,21H2. The lowest BCUT2D eigenvalue weighted by Crippen LogP contribution is -2.34. The molecule has 2 unspecified atom stereocenters. The molecule has 0 saturated carbocycles. The third kappa shape index (κ3) is 4.41. The number of nitrogens with zero attached hydrogens (tertiary/aromatic N) is 2. The van der Waals surface area contributed by atoms with E-state index in [1.165, 1.54) is 24.3 Å². The fourth-order valence-corrected chi connectivity index (χ4v) is 2.75. The Morgan fingerprint density at radius 1 is 1.34 bits per heavy atom. The van der Waals surface area contributed by atoms with E-state index < -0.39 is 28.7 Å². The van der Waals surface area contributed by atoms with Crippen LogP contribution in [0.5, 0.6) is 5.75 Å². The molecule has 2 atom stereocenters. The number of carbonyl (C=O) groups is 2. The van der Waals surface area contributed by atoms with Crippen molar-refractivity contribution in [2.45, 2.75) is 5.92 Å². The van der Waals surface area contributed by atoms with Gasteiger partial charge in [-0.2, -0.15) is 5.26 Å². The highest BCUT2D eigenvalue weighted by Crippen LogP contribution is 2.44. The molecule has 1 aliphatic heterocycles. The zero-order chi connectivity index (χ0) is 21.6. The maximum Gasteiger partial charge on any atom is 0.340 e. The van der Waals surface area contributed by atoms with Gasteiger partial charge in [-0.05, 0) is 6.07 Å². The Hall–Kier alpha value is -4.13. The summed E-state index contributed by atoms with van der Waals surface area (Å²) >= 11 is 0. The van der Waals surface area contributed by atoms with Crippen molar-refractivity contribution in [1.82, 2.24) is 0 Å². The first kappa shape index (κ1) is 21.2. The molecule has 1 aliphatic rings. The third-order valence-corrected chi connectivity index (χ3v) is 3.96. The Labute approximate surface area is 165 Å². The molecule has 1 aromatic rings. The van der Waals surface area contributed by atoms with Crippen molar-refractivity contribution in [3.05, 3.63) is 70.6 Å². The third-order valence-electron chi connectivity index (χ3n) is 3.96. The highest BCUT2D eigenvalue weighted by atomic mass is 16.6. The second-order valence-electron chi connectivity index (χ2n) is 5.75. The van der Waals surface area contributed by atoms with Gasteiger partial charge in [-0.3, -0.25) is 14.9 Å². The summed E-state index contributed by atoms with van der Waals surface area (Å²) in [5, 5.41) is 20.8. The number of hydrogen-bond acceptors (Lipinski definition) is 9. The molecule has 0 bridgehead atoms. The van der Waals surface area contributed by atoms with Crippen LogP contribution in [0, 0.1) is 27.4 Å². The van der Waals surface area contributed by atoms with E-state index in [9.17, 15) is 25.0 Å². The summed E-state index contributed by atoms with van der Waals surface area (Å²) < 4.78 is 15.3. The molecule has 0 fully saturated rings. The topological polar surface area (TPSA) is 155 Å². The lowest BCUT2D eigenvalue weighted by atomic mass is 9.79. The molecule has 10 heteroatoms. The Kier molecular flexibility index (Phi) is 6.71. The van der Waals surface area contributed by atoms with Gasteiger partial charge in [0.2, 0.25) is 5.88 Å². The normalized spacial score (nSPS) is 15.8. The van der Waals surface area contributed by atoms with E-state index in [1.54, 1.807) is 6.07 Å². The molecule has 0 saturated heterocycles. The van der Waals surface area contributed by atoms with Gasteiger partial charge in [0, 0.05) is 17.7 Å². The molecule has 0 amide bonds. The first-order valence-electron chi connectivity index (χ1n) is 8.26. The summed E-state index contributed by atoms with van der Waals surface area (Å²) in [5.41, 5.74) is 5.28. The first-order chi connectivity index (χ1) is 13.8. The van der Waals surface area contributed by atoms with E-state index >= 15 is 0 Å². The number of nitro groups is 1. The van der Waals surface area contributed by atoms with Crippen molar-refractivity contribution >= 4 is 17.6 Å². The van der Waals surface area contributed by atoms with Crippen LogP contribution in [-0.4, -0.2) is 30.1 Å². The van der Waals surface area contributed by atoms with Crippen LogP contribution < -0.4 is 10.5 Å². The van der Waals surface area contributed by atoms with E-state index in [2.05, 4.69) is 13.2 Å². The Balaban J connectivity index is 2.64. The van der Waals surface area contributed by atoms with Gasteiger partial charge in [0.1, 0.15) is 24.5 Å². The molecule has 29 heavy (non-hydrogen) atoms. The fraction of sp³-hybridized carbons (Fsp3) is 0.211. The fourth-order valence-electron chi connectivity index (χ4n) is 2.75. The lowest BCUT2D eigenvalue weighted by molar-refractivity contribution is -0.385. The number of ether oxygens (including phenoxy) is 3. The van der Waals surface area contributed by atoms with Crippen molar-refractivity contribution in [3.8, 4) is 11.8 Å². The summed E-state index contributed by atoms with van der Waals surface area (Å²) in [5.74, 6) is -5.10. The van der Waals surface area contributed by atoms with Gasteiger partial charge >= 0.3 is 11.9 Å². The van der Waals surface area contributed by atoms with Crippen molar-refractivity contribution in [2.24, 2.45) is 11.7 Å². The van der Waals surface area contributed by atoms with E-state index in [4.69, 9.17) is 19.9 Å². The summed E-state index contributed by atoms with van der Waals surface area (Å²) in [6.45, 7) is 6.51. The monoisotopic (exact) mass is 399 g/mol. The van der Waals surface area contributed by atoms with Crippen LogP contribution in [0.15, 0.2) is 55.0 Å². The number of non-ortho nitro benzene ring substituents is 1. The molecular weight excluding hydrogens is 382 g/mol. The predicted molar refractivity (Wildman–Crippen MR) is 99.1 cm³/mol. The number of esters is 2. The summed E-state index contributed by atoms with van der Waals surface area (Å²) in [4.78, 5) is 35.5. The van der Waals surface area contributed by atoms with Gasteiger partial charge in [0.15, 0.2) is 5.92 Å². The number of fused-ring (bicyclic) bond motifs is 1. The quantitative estimate of drug-likeness (QED) is 0.298. The van der Waals surface area contributed by atoms with Gasteiger partial charge in [-0.25, -0.2) is 4.79 Å². The molecule has 2 rings (SSSR count). The van der Waals surface area contributed by atoms with Crippen molar-refractivity contribution in [2.75, 3.05) is 13.2 Å². The Morgan fingerprint density at radius 3 is 2.59 bits per heavy atom. The number of nitriles is 1. The van der Waals surface area contributed by atoms with Crippen LogP contribution in [0.3, 0.4) is 0 Å². The zero-order valence-electron chi connectivity index (χ0n) is 15.2. The maximum atomic E-state index is 12.6. The molecule has 1 heterocycles. The number of rotatable bonds is 8. The molecular formula is C19H17N3O7. The molecule has 0 radical (unpaired) electrons. The zero-order valence-corrected chi connectivity index (χ0v) is 15.2. The molecule has 2 N–H and O–H groups in total. The van der Waals surface area contributed by atoms with Crippen molar-refractivity contribution in [1.29, 1.82) is 5.26 Å². The molecule has 0 aliphatic carbocycles. The van der Waals surface area contributed by atoms with Gasteiger partial charge < -0.3 is 19.9 Å². The Morgan fingerprint density at radius 2 is 2.00 bits per heavy atom. The van der Waals surface area contributed by atoms with E-state index in [1.807, 2.05) is 0 Å². The number of nitrogens with two attached hydrogens (primary N) is 1. The minimum absolute atomic E-state index is 0.0565. The number of carbonyl (C=O) groups excluding carboxylic acids is 2. The van der Waals surface area contributed by atoms with Crippen LogP contribution in [0.1, 0.15) is 11.5 Å². The highest BCUT2D eigenvalue weighted by molar-refractivity contribution is 5.94. The van der Waals surface area contributed by atoms with Gasteiger partial charge in [0.05, 0.1) is 16.9 Å². The van der Waals surface area contributed by atoms with E-state index in [0.717, 1.165) is 6.07 Å². The minimum Gasteiger partial charge on any atom is -0.460 e. The minimum atomic E-state index is -1.55. The highest BCUT2D eigenvalue weighted by Gasteiger charge is 2.44. The summed E-state index contributed by atoms with van der Waals surface area (Å²) in [7, 11) is 0. The van der Waals surface area contributed by atoms with Crippen LogP contribution >= 0.6 is 0 Å².